The summed E-state index contributed by atoms with van der Waals surface area (Å²) in [6, 6.07) is 2.81. The lowest BCUT2D eigenvalue weighted by Gasteiger charge is -2.24. The van der Waals surface area contributed by atoms with E-state index in [1.165, 1.54) is 0 Å². The van der Waals surface area contributed by atoms with Crippen molar-refractivity contribution >= 4 is 27.5 Å². The predicted octanol–water partition coefficient (Wildman–Crippen LogP) is -0.945. The second-order valence-electron chi connectivity index (χ2n) is 3.96. The van der Waals surface area contributed by atoms with Crippen LogP contribution in [0.1, 0.15) is 0 Å². The molecule has 1 heterocycles. The lowest BCUT2D eigenvalue weighted by atomic mass is 10.3. The molecule has 0 saturated carbocycles. The molecule has 1 aliphatic rings. The first kappa shape index (κ1) is 13.4. The summed E-state index contributed by atoms with van der Waals surface area (Å²) in [5.41, 5.74) is 5.31. The number of sulfonamides is 1. The molecule has 0 unspecified atom stereocenters. The zero-order valence-corrected chi connectivity index (χ0v) is 10.4. The van der Waals surface area contributed by atoms with Crippen LogP contribution in [0.3, 0.4) is 0 Å². The number of piperazine rings is 1. The van der Waals surface area contributed by atoms with Crippen LogP contribution in [0, 0.1) is 5.82 Å². The van der Waals surface area contributed by atoms with Crippen LogP contribution in [0.2, 0.25) is 0 Å². The summed E-state index contributed by atoms with van der Waals surface area (Å²) in [6.07, 6.45) is 0. The van der Waals surface area contributed by atoms with Gasteiger partial charge in [0.2, 0.25) is 21.8 Å². The first-order chi connectivity index (χ1) is 8.79. The van der Waals surface area contributed by atoms with E-state index in [1.807, 2.05) is 5.32 Å². The van der Waals surface area contributed by atoms with Crippen LogP contribution < -0.4 is 11.1 Å². The Bertz CT molecular complexity index is 622. The van der Waals surface area contributed by atoms with E-state index >= 15 is 0 Å². The molecule has 2 rings (SSSR count). The molecule has 2 amide bonds. The summed E-state index contributed by atoms with van der Waals surface area (Å²) >= 11 is 0. The quantitative estimate of drug-likeness (QED) is 0.538. The summed E-state index contributed by atoms with van der Waals surface area (Å²) in [4.78, 5) is 21.9. The molecule has 7 nitrogen and oxygen atoms in total. The van der Waals surface area contributed by atoms with Crippen molar-refractivity contribution in [2.24, 2.45) is 0 Å². The number of hydrogen-bond donors (Lipinski definition) is 2. The van der Waals surface area contributed by atoms with Gasteiger partial charge in [0.05, 0.1) is 18.0 Å². The van der Waals surface area contributed by atoms with Gasteiger partial charge in [0.25, 0.3) is 0 Å². The summed E-state index contributed by atoms with van der Waals surface area (Å²) in [5.74, 6) is -2.28. The molecular formula is C10H10FN3O4S. The average Bonchev–Trinajstić information content (AvgIpc) is 2.26. The molecule has 0 radical (unpaired) electrons. The minimum atomic E-state index is -4.14. The van der Waals surface area contributed by atoms with Gasteiger partial charge in [-0.1, -0.05) is 0 Å². The molecule has 1 aliphatic heterocycles. The normalized spacial score (nSPS) is 17.3. The van der Waals surface area contributed by atoms with Crippen molar-refractivity contribution in [1.82, 2.24) is 9.62 Å². The number of amides is 2. The fraction of sp³-hybridized carbons (Fsp3) is 0.200. The van der Waals surface area contributed by atoms with E-state index in [0.29, 0.717) is 4.31 Å². The Morgan fingerprint density at radius 3 is 2.26 bits per heavy atom. The third-order valence-electron chi connectivity index (χ3n) is 2.45. The molecule has 0 aromatic heterocycles. The lowest BCUT2D eigenvalue weighted by Crippen LogP contribution is -2.53. The molecule has 0 atom stereocenters. The Hall–Kier alpha value is -2.00. The number of imide groups is 1. The minimum Gasteiger partial charge on any atom is -0.399 e. The number of anilines is 1. The molecular weight excluding hydrogens is 277 g/mol. The van der Waals surface area contributed by atoms with Crippen LogP contribution in [0.5, 0.6) is 0 Å². The topological polar surface area (TPSA) is 110 Å². The van der Waals surface area contributed by atoms with Crippen molar-refractivity contribution in [3.8, 4) is 0 Å². The van der Waals surface area contributed by atoms with Gasteiger partial charge in [-0.25, -0.2) is 12.8 Å². The summed E-state index contributed by atoms with van der Waals surface area (Å²) in [7, 11) is -4.14. The number of halogens is 1. The largest absolute Gasteiger partial charge is 0.399 e. The maximum absolute atomic E-state index is 13.2. The molecule has 1 aromatic rings. The molecule has 1 fully saturated rings. The zero-order valence-electron chi connectivity index (χ0n) is 9.59. The Labute approximate surface area is 108 Å². The molecule has 102 valence electrons. The zero-order chi connectivity index (χ0) is 14.2. The standard InChI is InChI=1S/C10H10FN3O4S/c11-6-1-7(12)3-8(2-6)19(17,18)14-4-9(15)13-10(16)5-14/h1-3H,4-5,12H2,(H,13,15,16). The van der Waals surface area contributed by atoms with Crippen molar-refractivity contribution in [1.29, 1.82) is 0 Å². The highest BCUT2D eigenvalue weighted by Crippen LogP contribution is 2.20. The highest BCUT2D eigenvalue weighted by atomic mass is 32.2. The lowest BCUT2D eigenvalue weighted by molar-refractivity contribution is -0.134. The monoisotopic (exact) mass is 287 g/mol. The molecule has 0 bridgehead atoms. The van der Waals surface area contributed by atoms with E-state index < -0.39 is 45.6 Å². The smallest absolute Gasteiger partial charge is 0.244 e. The molecule has 0 aliphatic carbocycles. The Kier molecular flexibility index (Phi) is 3.25. The number of hydrogen-bond acceptors (Lipinski definition) is 5. The van der Waals surface area contributed by atoms with E-state index in [9.17, 15) is 22.4 Å². The molecule has 0 spiro atoms. The van der Waals surface area contributed by atoms with Crippen LogP contribution >= 0.6 is 0 Å². The van der Waals surface area contributed by atoms with Gasteiger partial charge in [-0.05, 0) is 18.2 Å². The van der Waals surface area contributed by atoms with Crippen LogP contribution in [-0.4, -0.2) is 37.6 Å². The number of rotatable bonds is 2. The van der Waals surface area contributed by atoms with E-state index in [-0.39, 0.29) is 5.69 Å². The van der Waals surface area contributed by atoms with Crippen molar-refractivity contribution in [2.75, 3.05) is 18.8 Å². The molecule has 1 saturated heterocycles. The van der Waals surface area contributed by atoms with Crippen LogP contribution in [0.15, 0.2) is 23.1 Å². The van der Waals surface area contributed by atoms with Gasteiger partial charge in [0.15, 0.2) is 0 Å². The van der Waals surface area contributed by atoms with Crippen molar-refractivity contribution in [2.45, 2.75) is 4.90 Å². The van der Waals surface area contributed by atoms with Crippen molar-refractivity contribution in [3.05, 3.63) is 24.0 Å². The maximum Gasteiger partial charge on any atom is 0.244 e. The second-order valence-corrected chi connectivity index (χ2v) is 5.90. The van der Waals surface area contributed by atoms with Gasteiger partial charge in [0.1, 0.15) is 5.82 Å². The van der Waals surface area contributed by atoms with Crippen LogP contribution in [0.25, 0.3) is 0 Å². The number of nitrogens with two attached hydrogens (primary N) is 1. The van der Waals surface area contributed by atoms with Crippen molar-refractivity contribution in [3.63, 3.8) is 0 Å². The summed E-state index contributed by atoms with van der Waals surface area (Å²) < 4.78 is 38.1. The third kappa shape index (κ3) is 2.71. The fourth-order valence-corrected chi connectivity index (χ4v) is 3.08. The van der Waals surface area contributed by atoms with Gasteiger partial charge < -0.3 is 5.73 Å². The fourth-order valence-electron chi connectivity index (χ4n) is 1.66. The number of nitrogens with zero attached hydrogens (tertiary/aromatic N) is 1. The second kappa shape index (κ2) is 4.59. The van der Waals surface area contributed by atoms with E-state index in [0.717, 1.165) is 18.2 Å². The van der Waals surface area contributed by atoms with E-state index in [1.54, 1.807) is 0 Å². The Balaban J connectivity index is 2.41. The molecule has 1 aromatic carbocycles. The first-order valence-corrected chi connectivity index (χ1v) is 6.62. The number of nitrogens with one attached hydrogen (secondary N) is 1. The third-order valence-corrected chi connectivity index (χ3v) is 4.22. The number of benzene rings is 1. The highest BCUT2D eigenvalue weighted by Gasteiger charge is 2.33. The first-order valence-electron chi connectivity index (χ1n) is 5.18. The SMILES string of the molecule is Nc1cc(F)cc(S(=O)(=O)N2CC(=O)NC(=O)C2)c1. The molecule has 9 heteroatoms. The number of nitrogen functional groups attached to an aromatic ring is 1. The molecule has 3 N–H and O–H groups in total. The number of carbonyl (C=O) groups excluding carboxylic acids is 2. The van der Waals surface area contributed by atoms with E-state index in [2.05, 4.69) is 0 Å². The minimum absolute atomic E-state index is 0.0636. The van der Waals surface area contributed by atoms with Crippen LogP contribution in [0.4, 0.5) is 10.1 Å². The van der Waals surface area contributed by atoms with Gasteiger partial charge in [-0.3, -0.25) is 14.9 Å². The van der Waals surface area contributed by atoms with Gasteiger partial charge in [0, 0.05) is 5.69 Å². The van der Waals surface area contributed by atoms with Gasteiger partial charge in [-0.2, -0.15) is 4.31 Å². The Morgan fingerprint density at radius 1 is 1.16 bits per heavy atom. The average molecular weight is 287 g/mol. The van der Waals surface area contributed by atoms with Gasteiger partial charge in [-0.15, -0.1) is 0 Å². The predicted molar refractivity (Wildman–Crippen MR) is 62.7 cm³/mol. The summed E-state index contributed by atoms with van der Waals surface area (Å²) in [6.45, 7) is -0.991. The highest BCUT2D eigenvalue weighted by molar-refractivity contribution is 7.89. The van der Waals surface area contributed by atoms with Crippen LogP contribution in [-0.2, 0) is 19.6 Å². The Morgan fingerprint density at radius 2 is 1.74 bits per heavy atom. The number of carbonyl (C=O) groups is 2. The summed E-state index contributed by atoms with van der Waals surface area (Å²) in [5, 5.41) is 1.97. The maximum atomic E-state index is 13.2. The van der Waals surface area contributed by atoms with Gasteiger partial charge >= 0.3 is 0 Å². The van der Waals surface area contributed by atoms with E-state index in [4.69, 9.17) is 5.73 Å². The van der Waals surface area contributed by atoms with Crippen molar-refractivity contribution < 1.29 is 22.4 Å². The molecule has 19 heavy (non-hydrogen) atoms.